The monoisotopic (exact) mass is 393 g/mol. The second kappa shape index (κ2) is 6.77. The molecule has 0 saturated carbocycles. The van der Waals surface area contributed by atoms with E-state index in [1.807, 2.05) is 0 Å². The van der Waals surface area contributed by atoms with Crippen LogP contribution < -0.4 is 5.63 Å². The minimum Gasteiger partial charge on any atom is -0.422 e. The maximum Gasteiger partial charge on any atom is 0.470 e. The van der Waals surface area contributed by atoms with Gasteiger partial charge in [0, 0.05) is 24.4 Å². The van der Waals surface area contributed by atoms with Crippen LogP contribution in [0.3, 0.4) is 0 Å². The summed E-state index contributed by atoms with van der Waals surface area (Å²) in [6.45, 7) is 0.499. The van der Waals surface area contributed by atoms with Gasteiger partial charge in [-0.2, -0.15) is 13.2 Å². The van der Waals surface area contributed by atoms with Crippen molar-refractivity contribution in [2.45, 2.75) is 24.9 Å². The van der Waals surface area contributed by atoms with Crippen LogP contribution >= 0.6 is 0 Å². The number of hydrogen-bond acceptors (Lipinski definition) is 6. The molecular weight excluding hydrogens is 379 g/mol. The zero-order valence-corrected chi connectivity index (χ0v) is 14.4. The Morgan fingerprint density at radius 2 is 1.82 bits per heavy atom. The molecular formula is C18H14F3N3O4. The summed E-state index contributed by atoms with van der Waals surface area (Å²) < 4.78 is 47.7. The molecule has 10 heteroatoms. The molecule has 2 aromatic heterocycles. The second-order valence-corrected chi connectivity index (χ2v) is 6.50. The summed E-state index contributed by atoms with van der Waals surface area (Å²) in [6.07, 6.45) is -3.99. The van der Waals surface area contributed by atoms with E-state index >= 15 is 0 Å². The lowest BCUT2D eigenvalue weighted by Crippen LogP contribution is -2.39. The predicted molar refractivity (Wildman–Crippen MR) is 89.7 cm³/mol. The van der Waals surface area contributed by atoms with Gasteiger partial charge in [0.2, 0.25) is 5.89 Å². The van der Waals surface area contributed by atoms with Crippen LogP contribution in [0, 0.1) is 0 Å². The number of likely N-dealkylation sites (tertiary alicyclic amines) is 1. The van der Waals surface area contributed by atoms with Crippen LogP contribution in [0.4, 0.5) is 13.2 Å². The highest BCUT2D eigenvalue weighted by Gasteiger charge is 2.39. The van der Waals surface area contributed by atoms with E-state index in [1.165, 1.54) is 11.0 Å². The molecule has 3 aromatic rings. The molecule has 0 atom stereocenters. The van der Waals surface area contributed by atoms with E-state index < -0.39 is 23.6 Å². The van der Waals surface area contributed by atoms with Gasteiger partial charge >= 0.3 is 17.7 Å². The lowest BCUT2D eigenvalue weighted by Gasteiger charge is -2.30. The van der Waals surface area contributed by atoms with Crippen molar-refractivity contribution in [1.82, 2.24) is 15.1 Å². The van der Waals surface area contributed by atoms with Crippen LogP contribution in [0.1, 0.15) is 40.9 Å². The van der Waals surface area contributed by atoms with Crippen LogP contribution in [0.5, 0.6) is 0 Å². The molecule has 0 unspecified atom stereocenters. The summed E-state index contributed by atoms with van der Waals surface area (Å²) in [5, 5.41) is 7.14. The Kier molecular flexibility index (Phi) is 4.40. The SMILES string of the molecule is O=C(c1cc2ccccc2oc1=O)N1CCC(c2nnc(C(F)(F)F)o2)CC1. The Bertz CT molecular complexity index is 1080. The first kappa shape index (κ1) is 18.2. The highest BCUT2D eigenvalue weighted by Crippen LogP contribution is 2.32. The molecule has 1 amide bonds. The molecule has 28 heavy (non-hydrogen) atoms. The summed E-state index contributed by atoms with van der Waals surface area (Å²) in [4.78, 5) is 26.3. The summed E-state index contributed by atoms with van der Waals surface area (Å²) >= 11 is 0. The second-order valence-electron chi connectivity index (χ2n) is 6.50. The zero-order valence-electron chi connectivity index (χ0n) is 14.4. The van der Waals surface area contributed by atoms with E-state index in [2.05, 4.69) is 10.2 Å². The predicted octanol–water partition coefficient (Wildman–Crippen LogP) is 3.21. The standard InChI is InChI=1S/C18H14F3N3O4/c19-18(20,21)17-23-22-14(28-17)10-5-7-24(8-6-10)15(25)12-9-11-3-1-2-4-13(11)27-16(12)26/h1-4,9-10H,5-8H2. The normalized spacial score (nSPS) is 15.9. The van der Waals surface area contributed by atoms with Gasteiger partial charge in [0.05, 0.1) is 0 Å². The number of amides is 1. The van der Waals surface area contributed by atoms with Crippen molar-refractivity contribution in [2.24, 2.45) is 0 Å². The van der Waals surface area contributed by atoms with E-state index in [0.717, 1.165) is 0 Å². The van der Waals surface area contributed by atoms with Crippen molar-refractivity contribution in [2.75, 3.05) is 13.1 Å². The summed E-state index contributed by atoms with van der Waals surface area (Å²) in [5.74, 6) is -2.32. The molecule has 3 heterocycles. The Labute approximate surface area is 155 Å². The van der Waals surface area contributed by atoms with E-state index in [-0.39, 0.29) is 30.5 Å². The molecule has 0 N–H and O–H groups in total. The third kappa shape index (κ3) is 3.37. The number of piperidine rings is 1. The van der Waals surface area contributed by atoms with Gasteiger partial charge in [-0.3, -0.25) is 4.79 Å². The van der Waals surface area contributed by atoms with Gasteiger partial charge in [-0.1, -0.05) is 18.2 Å². The average molecular weight is 393 g/mol. The number of nitrogens with zero attached hydrogens (tertiary/aromatic N) is 3. The Hall–Kier alpha value is -3.17. The van der Waals surface area contributed by atoms with Crippen LogP contribution in [-0.4, -0.2) is 34.1 Å². The van der Waals surface area contributed by atoms with Gasteiger partial charge in [0.1, 0.15) is 11.1 Å². The summed E-state index contributed by atoms with van der Waals surface area (Å²) in [6, 6.07) is 8.34. The van der Waals surface area contributed by atoms with E-state index in [0.29, 0.717) is 23.8 Å². The number of para-hydroxylation sites is 1. The van der Waals surface area contributed by atoms with Crippen LogP contribution in [0.2, 0.25) is 0 Å². The fraction of sp³-hybridized carbons (Fsp3) is 0.333. The lowest BCUT2D eigenvalue weighted by atomic mass is 9.96. The van der Waals surface area contributed by atoms with Crippen molar-refractivity contribution in [3.05, 3.63) is 58.1 Å². The van der Waals surface area contributed by atoms with Crippen LogP contribution in [-0.2, 0) is 6.18 Å². The first-order chi connectivity index (χ1) is 13.3. The fourth-order valence-corrected chi connectivity index (χ4v) is 3.23. The quantitative estimate of drug-likeness (QED) is 0.621. The van der Waals surface area contributed by atoms with Gasteiger partial charge in [0.15, 0.2) is 0 Å². The minimum absolute atomic E-state index is 0.0747. The van der Waals surface area contributed by atoms with Crippen molar-refractivity contribution in [3.63, 3.8) is 0 Å². The van der Waals surface area contributed by atoms with Crippen LogP contribution in [0.25, 0.3) is 11.0 Å². The molecule has 1 fully saturated rings. The molecule has 146 valence electrons. The Morgan fingerprint density at radius 1 is 1.11 bits per heavy atom. The Balaban J connectivity index is 1.48. The number of fused-ring (bicyclic) bond motifs is 1. The molecule has 0 radical (unpaired) electrons. The maximum absolute atomic E-state index is 12.7. The smallest absolute Gasteiger partial charge is 0.422 e. The summed E-state index contributed by atoms with van der Waals surface area (Å²) in [7, 11) is 0. The third-order valence-electron chi connectivity index (χ3n) is 4.69. The molecule has 7 nitrogen and oxygen atoms in total. The van der Waals surface area contributed by atoms with E-state index in [4.69, 9.17) is 8.83 Å². The van der Waals surface area contributed by atoms with Gasteiger partial charge in [0.25, 0.3) is 5.91 Å². The molecule has 1 aliphatic heterocycles. The topological polar surface area (TPSA) is 89.4 Å². The van der Waals surface area contributed by atoms with Crippen molar-refractivity contribution >= 4 is 16.9 Å². The molecule has 1 aromatic carbocycles. The van der Waals surface area contributed by atoms with E-state index in [1.54, 1.807) is 24.3 Å². The molecule has 4 rings (SSSR count). The van der Waals surface area contributed by atoms with Crippen LogP contribution in [0.15, 0.2) is 44.0 Å². The number of benzene rings is 1. The molecule has 0 spiro atoms. The number of rotatable bonds is 2. The van der Waals surface area contributed by atoms with Gasteiger partial charge in [-0.05, 0) is 25.0 Å². The molecule has 1 aliphatic rings. The van der Waals surface area contributed by atoms with E-state index in [9.17, 15) is 22.8 Å². The number of aromatic nitrogens is 2. The van der Waals surface area contributed by atoms with Crippen molar-refractivity contribution < 1.29 is 26.8 Å². The first-order valence-corrected chi connectivity index (χ1v) is 8.55. The zero-order chi connectivity index (χ0) is 19.9. The highest BCUT2D eigenvalue weighted by atomic mass is 19.4. The number of alkyl halides is 3. The van der Waals surface area contributed by atoms with Gasteiger partial charge in [-0.25, -0.2) is 4.79 Å². The maximum atomic E-state index is 12.7. The van der Waals surface area contributed by atoms with Gasteiger partial charge in [-0.15, -0.1) is 10.2 Å². The fourth-order valence-electron chi connectivity index (χ4n) is 3.23. The van der Waals surface area contributed by atoms with Crippen molar-refractivity contribution in [3.8, 4) is 0 Å². The number of hydrogen-bond donors (Lipinski definition) is 0. The van der Waals surface area contributed by atoms with Crippen molar-refractivity contribution in [1.29, 1.82) is 0 Å². The molecule has 1 saturated heterocycles. The Morgan fingerprint density at radius 3 is 2.50 bits per heavy atom. The average Bonchev–Trinajstić information content (AvgIpc) is 3.18. The first-order valence-electron chi connectivity index (χ1n) is 8.55. The highest BCUT2D eigenvalue weighted by molar-refractivity contribution is 5.96. The largest absolute Gasteiger partial charge is 0.470 e. The summed E-state index contributed by atoms with van der Waals surface area (Å²) in [5.41, 5.74) is -0.411. The molecule has 0 aliphatic carbocycles. The number of halogens is 3. The molecule has 0 bridgehead atoms. The number of carbonyl (C=O) groups is 1. The minimum atomic E-state index is -4.69. The van der Waals surface area contributed by atoms with Gasteiger partial charge < -0.3 is 13.7 Å². The third-order valence-corrected chi connectivity index (χ3v) is 4.69. The number of carbonyl (C=O) groups excluding carboxylic acids is 1. The lowest BCUT2D eigenvalue weighted by molar-refractivity contribution is -0.157.